The fourth-order valence-corrected chi connectivity index (χ4v) is 2.78. The normalized spacial score (nSPS) is 18.1. The highest BCUT2D eigenvalue weighted by Gasteiger charge is 2.31. The lowest BCUT2D eigenvalue weighted by Crippen LogP contribution is -2.42. The summed E-state index contributed by atoms with van der Waals surface area (Å²) in [5.41, 5.74) is 2.25. The van der Waals surface area contributed by atoms with Crippen LogP contribution in [0.2, 0.25) is 0 Å². The summed E-state index contributed by atoms with van der Waals surface area (Å²) in [6.07, 6.45) is 0.780. The summed E-state index contributed by atoms with van der Waals surface area (Å²) < 4.78 is 10.6. The number of halogens is 1. The quantitative estimate of drug-likeness (QED) is 0.794. The van der Waals surface area contributed by atoms with Crippen LogP contribution < -0.4 is 4.74 Å². The minimum absolute atomic E-state index is 0.000480. The lowest BCUT2D eigenvalue weighted by atomic mass is 9.92. The molecule has 0 bridgehead atoms. The van der Waals surface area contributed by atoms with Crippen LogP contribution >= 0.6 is 11.6 Å². The van der Waals surface area contributed by atoms with Gasteiger partial charge in [0, 0.05) is 19.2 Å². The summed E-state index contributed by atoms with van der Waals surface area (Å²) in [6.45, 7) is 1.11. The molecule has 1 unspecified atom stereocenters. The van der Waals surface area contributed by atoms with Crippen molar-refractivity contribution in [3.05, 3.63) is 29.3 Å². The molecule has 1 atom stereocenters. The van der Waals surface area contributed by atoms with Gasteiger partial charge >= 0.3 is 0 Å². The van der Waals surface area contributed by atoms with E-state index in [1.165, 1.54) is 0 Å². The van der Waals surface area contributed by atoms with Gasteiger partial charge in [0.25, 0.3) is 0 Å². The number of hydrogen-bond acceptors (Lipinski definition) is 3. The first-order valence-electron chi connectivity index (χ1n) is 6.23. The second-order valence-corrected chi connectivity index (χ2v) is 4.74. The maximum Gasteiger partial charge on any atom is 0.238 e. The zero-order valence-electron chi connectivity index (χ0n) is 11.2. The van der Waals surface area contributed by atoms with Gasteiger partial charge in [0.05, 0.1) is 19.8 Å². The molecule has 1 aromatic carbocycles. The molecule has 1 aliphatic rings. The Labute approximate surface area is 118 Å². The first-order chi connectivity index (χ1) is 9.22. The van der Waals surface area contributed by atoms with Gasteiger partial charge in [0.2, 0.25) is 5.91 Å². The van der Waals surface area contributed by atoms with Gasteiger partial charge < -0.3 is 14.4 Å². The molecule has 0 fully saturated rings. The summed E-state index contributed by atoms with van der Waals surface area (Å²) in [6, 6.07) is 5.82. The Bertz CT molecular complexity index is 464. The van der Waals surface area contributed by atoms with Crippen molar-refractivity contribution < 1.29 is 14.3 Å². The summed E-state index contributed by atoms with van der Waals surface area (Å²) in [5.74, 6) is 0.813. The predicted molar refractivity (Wildman–Crippen MR) is 73.7 cm³/mol. The van der Waals surface area contributed by atoms with E-state index < -0.39 is 0 Å². The summed E-state index contributed by atoms with van der Waals surface area (Å²) in [7, 11) is 3.30. The molecule has 1 heterocycles. The molecule has 1 aliphatic heterocycles. The van der Waals surface area contributed by atoms with Crippen LogP contribution in [0, 0.1) is 0 Å². The molecule has 0 radical (unpaired) electrons. The van der Waals surface area contributed by atoms with Gasteiger partial charge in [-0.1, -0.05) is 12.1 Å². The monoisotopic (exact) mass is 283 g/mol. The maximum absolute atomic E-state index is 11.9. The van der Waals surface area contributed by atoms with Gasteiger partial charge in [-0.3, -0.25) is 4.79 Å². The fourth-order valence-electron chi connectivity index (χ4n) is 2.62. The Kier molecular flexibility index (Phi) is 4.66. The van der Waals surface area contributed by atoms with Gasteiger partial charge in [-0.15, -0.1) is 11.6 Å². The molecule has 2 rings (SSSR count). The molecule has 0 aliphatic carbocycles. The number of methoxy groups -OCH3 is 2. The van der Waals surface area contributed by atoms with Gasteiger partial charge in [0.1, 0.15) is 11.6 Å². The number of alkyl halides is 1. The van der Waals surface area contributed by atoms with Crippen molar-refractivity contribution in [1.82, 2.24) is 4.90 Å². The van der Waals surface area contributed by atoms with Crippen molar-refractivity contribution >= 4 is 17.5 Å². The summed E-state index contributed by atoms with van der Waals surface area (Å²) >= 11 is 5.68. The Morgan fingerprint density at radius 2 is 2.26 bits per heavy atom. The van der Waals surface area contributed by atoms with E-state index in [-0.39, 0.29) is 17.8 Å². The maximum atomic E-state index is 11.9. The third-order valence-electron chi connectivity index (χ3n) is 3.49. The van der Waals surface area contributed by atoms with Crippen LogP contribution in [0.25, 0.3) is 0 Å². The van der Waals surface area contributed by atoms with Gasteiger partial charge in [-0.25, -0.2) is 0 Å². The lowest BCUT2D eigenvalue weighted by molar-refractivity contribution is -0.132. The van der Waals surface area contributed by atoms with E-state index in [0.717, 1.165) is 23.3 Å². The topological polar surface area (TPSA) is 38.8 Å². The standard InChI is InChI=1S/C14H18ClNO3/c1-18-9-12-10-4-3-5-13(19-2)11(10)6-7-16(12)14(17)8-15/h3-5,12H,6-9H2,1-2H3. The second kappa shape index (κ2) is 6.26. The average Bonchev–Trinajstić information content (AvgIpc) is 2.46. The summed E-state index contributed by atoms with van der Waals surface area (Å²) in [4.78, 5) is 13.7. The van der Waals surface area contributed by atoms with Crippen molar-refractivity contribution in [2.75, 3.05) is 33.3 Å². The number of carbonyl (C=O) groups is 1. The number of fused-ring (bicyclic) bond motifs is 1. The van der Waals surface area contributed by atoms with E-state index in [2.05, 4.69) is 0 Å². The summed E-state index contributed by atoms with van der Waals surface area (Å²) in [5, 5.41) is 0. The zero-order valence-corrected chi connectivity index (χ0v) is 11.9. The molecular weight excluding hydrogens is 266 g/mol. The highest BCUT2D eigenvalue weighted by atomic mass is 35.5. The first kappa shape index (κ1) is 14.2. The van der Waals surface area contributed by atoms with Crippen LogP contribution in [0.15, 0.2) is 18.2 Å². The molecule has 5 heteroatoms. The predicted octanol–water partition coefficient (Wildman–Crippen LogP) is 2.01. The van der Waals surface area contributed by atoms with Crippen molar-refractivity contribution in [3.8, 4) is 5.75 Å². The van der Waals surface area contributed by atoms with Crippen molar-refractivity contribution in [3.63, 3.8) is 0 Å². The van der Waals surface area contributed by atoms with Crippen molar-refractivity contribution in [1.29, 1.82) is 0 Å². The van der Waals surface area contributed by atoms with E-state index in [9.17, 15) is 4.79 Å². The SMILES string of the molecule is COCC1c2cccc(OC)c2CCN1C(=O)CCl. The van der Waals surface area contributed by atoms with Crippen LogP contribution in [-0.2, 0) is 16.0 Å². The number of nitrogens with zero attached hydrogens (tertiary/aromatic N) is 1. The van der Waals surface area contributed by atoms with E-state index in [0.29, 0.717) is 13.2 Å². The van der Waals surface area contributed by atoms with E-state index in [1.54, 1.807) is 19.1 Å². The number of hydrogen-bond donors (Lipinski definition) is 0. The highest BCUT2D eigenvalue weighted by Crippen LogP contribution is 2.35. The minimum Gasteiger partial charge on any atom is -0.496 e. The van der Waals surface area contributed by atoms with Crippen molar-refractivity contribution in [2.24, 2.45) is 0 Å². The highest BCUT2D eigenvalue weighted by molar-refractivity contribution is 6.27. The third kappa shape index (κ3) is 2.69. The zero-order chi connectivity index (χ0) is 13.8. The fraction of sp³-hybridized carbons (Fsp3) is 0.500. The molecule has 0 spiro atoms. The molecule has 4 nitrogen and oxygen atoms in total. The molecule has 1 aromatic rings. The second-order valence-electron chi connectivity index (χ2n) is 4.47. The smallest absolute Gasteiger partial charge is 0.238 e. The molecular formula is C14H18ClNO3. The van der Waals surface area contributed by atoms with Gasteiger partial charge in [0.15, 0.2) is 0 Å². The van der Waals surface area contributed by atoms with Crippen LogP contribution in [-0.4, -0.2) is 44.1 Å². The molecule has 104 valence electrons. The molecule has 1 amide bonds. The lowest BCUT2D eigenvalue weighted by Gasteiger charge is -2.37. The van der Waals surface area contributed by atoms with Crippen LogP contribution in [0.3, 0.4) is 0 Å². The van der Waals surface area contributed by atoms with Gasteiger partial charge in [-0.05, 0) is 18.1 Å². The molecule has 19 heavy (non-hydrogen) atoms. The number of carbonyl (C=O) groups excluding carboxylic acids is 1. The van der Waals surface area contributed by atoms with Crippen LogP contribution in [0.4, 0.5) is 0 Å². The third-order valence-corrected chi connectivity index (χ3v) is 3.71. The van der Waals surface area contributed by atoms with E-state index in [1.807, 2.05) is 18.2 Å². The van der Waals surface area contributed by atoms with Gasteiger partial charge in [-0.2, -0.15) is 0 Å². The molecule has 0 saturated carbocycles. The number of benzene rings is 1. The molecule has 0 N–H and O–H groups in total. The number of amides is 1. The molecule has 0 aromatic heterocycles. The van der Waals surface area contributed by atoms with E-state index >= 15 is 0 Å². The average molecular weight is 284 g/mol. The largest absolute Gasteiger partial charge is 0.496 e. The van der Waals surface area contributed by atoms with Crippen molar-refractivity contribution in [2.45, 2.75) is 12.5 Å². The Hall–Kier alpha value is -1.26. The van der Waals surface area contributed by atoms with E-state index in [4.69, 9.17) is 21.1 Å². The Morgan fingerprint density at radius 3 is 2.89 bits per heavy atom. The minimum atomic E-state index is -0.0879. The number of rotatable bonds is 4. The van der Waals surface area contributed by atoms with Crippen LogP contribution in [0.5, 0.6) is 5.75 Å². The Balaban J connectivity index is 2.40. The first-order valence-corrected chi connectivity index (χ1v) is 6.76. The molecule has 0 saturated heterocycles. The Morgan fingerprint density at radius 1 is 1.47 bits per heavy atom. The van der Waals surface area contributed by atoms with Crippen LogP contribution in [0.1, 0.15) is 17.2 Å². The number of ether oxygens (including phenoxy) is 2.